The molecule has 0 fully saturated rings. The van der Waals surface area contributed by atoms with Gasteiger partial charge in [0, 0.05) is 10.6 Å². The van der Waals surface area contributed by atoms with Crippen LogP contribution in [0, 0.1) is 12.7 Å². The van der Waals surface area contributed by atoms with Gasteiger partial charge in [0.2, 0.25) is 5.95 Å². The summed E-state index contributed by atoms with van der Waals surface area (Å²) in [5.74, 6) is 0.531. The first kappa shape index (κ1) is 17.0. The molecular formula is C18H16ClFN4O. The van der Waals surface area contributed by atoms with Crippen LogP contribution in [0.25, 0.3) is 0 Å². The number of hydrogen-bond acceptors (Lipinski definition) is 4. The van der Waals surface area contributed by atoms with Crippen LogP contribution in [0.4, 0.5) is 10.3 Å². The van der Waals surface area contributed by atoms with E-state index in [-0.39, 0.29) is 6.61 Å². The molecule has 0 unspecified atom stereocenters. The molecule has 0 atom stereocenters. The number of halogens is 2. The SMILES string of the molecule is Cc1cn(N=Cc2cccc(OCc3ccc(Cl)cc3F)c2)c(N)n1. The largest absolute Gasteiger partial charge is 0.489 e. The minimum atomic E-state index is -0.392. The number of nitrogens with two attached hydrogens (primary N) is 1. The molecular weight excluding hydrogens is 343 g/mol. The Balaban J connectivity index is 1.70. The number of hydrogen-bond donors (Lipinski definition) is 1. The molecule has 128 valence electrons. The molecule has 0 spiro atoms. The second-order valence-electron chi connectivity index (χ2n) is 5.43. The van der Waals surface area contributed by atoms with Crippen molar-refractivity contribution in [2.24, 2.45) is 5.10 Å². The molecule has 1 aromatic heterocycles. The normalized spacial score (nSPS) is 11.2. The van der Waals surface area contributed by atoms with Gasteiger partial charge in [0.25, 0.3) is 0 Å². The molecule has 7 heteroatoms. The van der Waals surface area contributed by atoms with E-state index in [4.69, 9.17) is 22.1 Å². The Labute approximate surface area is 149 Å². The fraction of sp³-hybridized carbons (Fsp3) is 0.111. The average molecular weight is 359 g/mol. The molecule has 25 heavy (non-hydrogen) atoms. The highest BCUT2D eigenvalue weighted by Gasteiger charge is 2.04. The predicted octanol–water partition coefficient (Wildman–Crippen LogP) is 4.03. The topological polar surface area (TPSA) is 65.4 Å². The van der Waals surface area contributed by atoms with E-state index < -0.39 is 5.82 Å². The number of nitrogens with zero attached hydrogens (tertiary/aromatic N) is 3. The lowest BCUT2D eigenvalue weighted by Crippen LogP contribution is -1.99. The van der Waals surface area contributed by atoms with Crippen molar-refractivity contribution in [3.05, 3.63) is 76.3 Å². The van der Waals surface area contributed by atoms with Crippen molar-refractivity contribution in [3.8, 4) is 5.75 Å². The number of ether oxygens (including phenoxy) is 1. The maximum Gasteiger partial charge on any atom is 0.221 e. The van der Waals surface area contributed by atoms with Crippen LogP contribution in [0.5, 0.6) is 5.75 Å². The summed E-state index contributed by atoms with van der Waals surface area (Å²) in [6, 6.07) is 11.8. The van der Waals surface area contributed by atoms with Gasteiger partial charge >= 0.3 is 0 Å². The van der Waals surface area contributed by atoms with Crippen LogP contribution in [0.1, 0.15) is 16.8 Å². The summed E-state index contributed by atoms with van der Waals surface area (Å²) in [7, 11) is 0. The predicted molar refractivity (Wildman–Crippen MR) is 96.6 cm³/mol. The average Bonchev–Trinajstić information content (AvgIpc) is 2.90. The third-order valence-electron chi connectivity index (χ3n) is 3.43. The molecule has 0 saturated carbocycles. The van der Waals surface area contributed by atoms with Crippen LogP contribution >= 0.6 is 11.6 Å². The van der Waals surface area contributed by atoms with E-state index in [1.165, 1.54) is 10.7 Å². The molecule has 0 amide bonds. The molecule has 2 N–H and O–H groups in total. The Morgan fingerprint density at radius 3 is 2.88 bits per heavy atom. The Morgan fingerprint density at radius 2 is 2.16 bits per heavy atom. The molecule has 0 aliphatic carbocycles. The van der Waals surface area contributed by atoms with Crippen LogP contribution in [0.3, 0.4) is 0 Å². The van der Waals surface area contributed by atoms with Gasteiger partial charge in [0.1, 0.15) is 18.2 Å². The fourth-order valence-corrected chi connectivity index (χ4v) is 2.37. The standard InChI is InChI=1S/C18H16ClFN4O/c1-12-10-24(18(21)23-12)22-9-13-3-2-4-16(7-13)25-11-14-5-6-15(19)8-17(14)20/h2-10H,11H2,1H3,(H2,21,23). The van der Waals surface area contributed by atoms with Crippen LogP contribution in [-0.2, 0) is 6.61 Å². The molecule has 5 nitrogen and oxygen atoms in total. The van der Waals surface area contributed by atoms with E-state index in [1.807, 2.05) is 19.1 Å². The fourth-order valence-electron chi connectivity index (χ4n) is 2.21. The van der Waals surface area contributed by atoms with Gasteiger partial charge in [-0.2, -0.15) is 5.10 Å². The summed E-state index contributed by atoms with van der Waals surface area (Å²) in [6.07, 6.45) is 3.38. The highest BCUT2D eigenvalue weighted by atomic mass is 35.5. The third kappa shape index (κ3) is 4.36. The lowest BCUT2D eigenvalue weighted by Gasteiger charge is -2.08. The number of nitrogen functional groups attached to an aromatic ring is 1. The molecule has 0 aliphatic heterocycles. The smallest absolute Gasteiger partial charge is 0.221 e. The molecule has 0 bridgehead atoms. The minimum absolute atomic E-state index is 0.108. The van der Waals surface area contributed by atoms with Crippen molar-refractivity contribution in [3.63, 3.8) is 0 Å². The molecule has 3 rings (SSSR count). The Hall–Kier alpha value is -2.86. The number of aryl methyl sites for hydroxylation is 1. The zero-order chi connectivity index (χ0) is 17.8. The van der Waals surface area contributed by atoms with E-state index in [0.717, 1.165) is 11.3 Å². The first-order chi connectivity index (χ1) is 12.0. The van der Waals surface area contributed by atoms with Crippen LogP contribution in [0.15, 0.2) is 53.8 Å². The van der Waals surface area contributed by atoms with Gasteiger partial charge in [0.15, 0.2) is 0 Å². The van der Waals surface area contributed by atoms with Gasteiger partial charge in [-0.15, -0.1) is 0 Å². The quantitative estimate of drug-likeness (QED) is 0.700. The lowest BCUT2D eigenvalue weighted by atomic mass is 10.2. The summed E-state index contributed by atoms with van der Waals surface area (Å²) >= 11 is 5.74. The van der Waals surface area contributed by atoms with Crippen LogP contribution in [0.2, 0.25) is 5.02 Å². The first-order valence-electron chi connectivity index (χ1n) is 7.54. The third-order valence-corrected chi connectivity index (χ3v) is 3.67. The zero-order valence-corrected chi connectivity index (χ0v) is 14.2. The van der Waals surface area contributed by atoms with E-state index in [9.17, 15) is 4.39 Å². The lowest BCUT2D eigenvalue weighted by molar-refractivity contribution is 0.300. The highest BCUT2D eigenvalue weighted by molar-refractivity contribution is 6.30. The molecule has 3 aromatic rings. The second kappa shape index (κ2) is 7.36. The van der Waals surface area contributed by atoms with Crippen molar-refractivity contribution in [2.45, 2.75) is 13.5 Å². The van der Waals surface area contributed by atoms with Crippen molar-refractivity contribution in [1.82, 2.24) is 9.66 Å². The maximum absolute atomic E-state index is 13.8. The second-order valence-corrected chi connectivity index (χ2v) is 5.86. The van der Waals surface area contributed by atoms with Crippen molar-refractivity contribution in [1.29, 1.82) is 0 Å². The zero-order valence-electron chi connectivity index (χ0n) is 13.5. The number of anilines is 1. The number of aromatic nitrogens is 2. The van der Waals surface area contributed by atoms with E-state index >= 15 is 0 Å². The van der Waals surface area contributed by atoms with Crippen molar-refractivity contribution < 1.29 is 9.13 Å². The maximum atomic E-state index is 13.8. The van der Waals surface area contributed by atoms with Gasteiger partial charge in [-0.1, -0.05) is 29.8 Å². The molecule has 1 heterocycles. The molecule has 2 aromatic carbocycles. The summed E-state index contributed by atoms with van der Waals surface area (Å²) in [5, 5.41) is 4.61. The van der Waals surface area contributed by atoms with Crippen molar-refractivity contribution in [2.75, 3.05) is 5.73 Å². The highest BCUT2D eigenvalue weighted by Crippen LogP contribution is 2.18. The van der Waals surface area contributed by atoms with Gasteiger partial charge < -0.3 is 10.5 Å². The Bertz CT molecular complexity index is 923. The van der Waals surface area contributed by atoms with E-state index in [2.05, 4.69) is 10.1 Å². The number of imidazole rings is 1. The first-order valence-corrected chi connectivity index (χ1v) is 7.91. The van der Waals surface area contributed by atoms with E-state index in [1.54, 1.807) is 36.7 Å². The molecule has 0 saturated heterocycles. The summed E-state index contributed by atoms with van der Waals surface area (Å²) < 4.78 is 20.9. The van der Waals surface area contributed by atoms with Crippen molar-refractivity contribution >= 4 is 23.8 Å². The number of benzene rings is 2. The van der Waals surface area contributed by atoms with Crippen LogP contribution < -0.4 is 10.5 Å². The van der Waals surface area contributed by atoms with Gasteiger partial charge in [-0.05, 0) is 36.8 Å². The summed E-state index contributed by atoms with van der Waals surface area (Å²) in [4.78, 5) is 4.08. The monoisotopic (exact) mass is 358 g/mol. The summed E-state index contributed by atoms with van der Waals surface area (Å²) in [5.41, 5.74) is 7.78. The van der Waals surface area contributed by atoms with E-state index in [0.29, 0.717) is 22.3 Å². The van der Waals surface area contributed by atoms with Gasteiger partial charge in [0.05, 0.1) is 18.1 Å². The minimum Gasteiger partial charge on any atom is -0.489 e. The Kier molecular flexibility index (Phi) is 5.00. The van der Waals surface area contributed by atoms with Gasteiger partial charge in [-0.3, -0.25) is 0 Å². The van der Waals surface area contributed by atoms with Gasteiger partial charge in [-0.25, -0.2) is 14.1 Å². The summed E-state index contributed by atoms with van der Waals surface area (Å²) in [6.45, 7) is 1.95. The molecule has 0 radical (unpaired) electrons. The van der Waals surface area contributed by atoms with Crippen LogP contribution in [-0.4, -0.2) is 15.9 Å². The Morgan fingerprint density at radius 1 is 1.32 bits per heavy atom. The molecule has 0 aliphatic rings. The number of rotatable bonds is 5.